The average molecular weight is 459 g/mol. The first-order valence-corrected chi connectivity index (χ1v) is 9.23. The lowest BCUT2D eigenvalue weighted by Gasteiger charge is -2.42. The van der Waals surface area contributed by atoms with E-state index in [1.54, 1.807) is 0 Å². The molecule has 0 saturated carbocycles. The number of hydrogen-bond acceptors (Lipinski definition) is 6. The van der Waals surface area contributed by atoms with E-state index in [9.17, 15) is 0 Å². The third-order valence-electron chi connectivity index (χ3n) is 4.80. The zero-order chi connectivity index (χ0) is 17.2. The van der Waals surface area contributed by atoms with Crippen molar-refractivity contribution in [3.8, 4) is 0 Å². The van der Waals surface area contributed by atoms with Gasteiger partial charge in [0.05, 0.1) is 22.9 Å². The van der Waals surface area contributed by atoms with Gasteiger partial charge in [-0.2, -0.15) is 0 Å². The number of halogens is 2. The van der Waals surface area contributed by atoms with Gasteiger partial charge in [0.2, 0.25) is 0 Å². The Hall–Kier alpha value is -1.32. The Morgan fingerprint density at radius 2 is 2.04 bits per heavy atom. The van der Waals surface area contributed by atoms with Crippen molar-refractivity contribution in [2.45, 2.75) is 18.3 Å². The minimum absolute atomic E-state index is 0.0438. The minimum Gasteiger partial charge on any atom is -0.382 e. The molecule has 0 unspecified atom stereocenters. The van der Waals surface area contributed by atoms with Crippen LogP contribution >= 0.6 is 34.5 Å². The maximum atomic E-state index is 6.17. The monoisotopic (exact) mass is 458 g/mol. The SMILES string of the molecule is NCC1(c2cccc(Cl)c2)CCN(c2ncnc(N)c2NI)CC1. The molecule has 1 aromatic heterocycles. The van der Waals surface area contributed by atoms with E-state index >= 15 is 0 Å². The predicted molar refractivity (Wildman–Crippen MR) is 108 cm³/mol. The summed E-state index contributed by atoms with van der Waals surface area (Å²) in [6.07, 6.45) is 3.38. The maximum absolute atomic E-state index is 6.17. The number of hydrogen-bond donors (Lipinski definition) is 3. The van der Waals surface area contributed by atoms with Gasteiger partial charge in [-0.1, -0.05) is 23.7 Å². The molecule has 8 heteroatoms. The number of benzene rings is 1. The molecule has 0 atom stereocenters. The number of nitrogens with one attached hydrogen (secondary N) is 1. The summed E-state index contributed by atoms with van der Waals surface area (Å²) >= 11 is 8.23. The molecule has 24 heavy (non-hydrogen) atoms. The first kappa shape index (κ1) is 17.5. The van der Waals surface area contributed by atoms with Crippen LogP contribution in [0.5, 0.6) is 0 Å². The molecule has 0 bridgehead atoms. The molecular formula is C16H20ClIN6. The quantitative estimate of drug-likeness (QED) is 0.482. The van der Waals surface area contributed by atoms with Gasteiger partial charge in [-0.05, 0) is 30.5 Å². The van der Waals surface area contributed by atoms with Crippen molar-refractivity contribution in [2.24, 2.45) is 5.73 Å². The molecule has 128 valence electrons. The fraction of sp³-hybridized carbons (Fsp3) is 0.375. The number of piperidine rings is 1. The number of nitrogens with zero attached hydrogens (tertiary/aromatic N) is 3. The van der Waals surface area contributed by atoms with E-state index in [-0.39, 0.29) is 5.41 Å². The van der Waals surface area contributed by atoms with Gasteiger partial charge in [-0.25, -0.2) is 9.97 Å². The van der Waals surface area contributed by atoms with Crippen molar-refractivity contribution in [2.75, 3.05) is 33.8 Å². The Labute approximate surface area is 160 Å². The normalized spacial score (nSPS) is 16.9. The Kier molecular flexibility index (Phi) is 5.31. The Balaban J connectivity index is 1.83. The Morgan fingerprint density at radius 3 is 2.67 bits per heavy atom. The lowest BCUT2D eigenvalue weighted by molar-refractivity contribution is 0.339. The fourth-order valence-corrected chi connectivity index (χ4v) is 4.00. The molecular weight excluding hydrogens is 439 g/mol. The van der Waals surface area contributed by atoms with Gasteiger partial charge in [-0.3, -0.25) is 0 Å². The largest absolute Gasteiger partial charge is 0.382 e. The van der Waals surface area contributed by atoms with Crippen molar-refractivity contribution in [1.82, 2.24) is 9.97 Å². The molecule has 2 heterocycles. The summed E-state index contributed by atoms with van der Waals surface area (Å²) in [6.45, 7) is 2.31. The molecule has 0 spiro atoms. The molecule has 0 radical (unpaired) electrons. The molecule has 1 aliphatic rings. The van der Waals surface area contributed by atoms with Gasteiger partial charge >= 0.3 is 0 Å². The molecule has 2 aromatic rings. The lowest BCUT2D eigenvalue weighted by atomic mass is 9.73. The van der Waals surface area contributed by atoms with E-state index in [1.165, 1.54) is 11.9 Å². The Bertz CT molecular complexity index is 717. The van der Waals surface area contributed by atoms with Gasteiger partial charge in [0.1, 0.15) is 12.0 Å². The first-order chi connectivity index (χ1) is 11.6. The van der Waals surface area contributed by atoms with Crippen LogP contribution in [-0.2, 0) is 5.41 Å². The molecule has 5 N–H and O–H groups in total. The van der Waals surface area contributed by atoms with Crippen LogP contribution < -0.4 is 19.9 Å². The van der Waals surface area contributed by atoms with E-state index in [4.69, 9.17) is 23.1 Å². The highest BCUT2D eigenvalue weighted by molar-refractivity contribution is 14.1. The van der Waals surface area contributed by atoms with Crippen molar-refractivity contribution >= 4 is 51.8 Å². The van der Waals surface area contributed by atoms with Crippen LogP contribution in [0.25, 0.3) is 0 Å². The van der Waals surface area contributed by atoms with Crippen molar-refractivity contribution < 1.29 is 0 Å². The van der Waals surface area contributed by atoms with Crippen molar-refractivity contribution in [1.29, 1.82) is 0 Å². The summed E-state index contributed by atoms with van der Waals surface area (Å²) in [4.78, 5) is 10.7. The van der Waals surface area contributed by atoms with Crippen LogP contribution in [0.4, 0.5) is 17.3 Å². The topological polar surface area (TPSA) is 93.1 Å². The highest BCUT2D eigenvalue weighted by Crippen LogP contribution is 2.38. The van der Waals surface area contributed by atoms with E-state index < -0.39 is 0 Å². The molecule has 3 rings (SSSR count). The van der Waals surface area contributed by atoms with E-state index in [2.05, 4.69) is 47.3 Å². The van der Waals surface area contributed by atoms with Gasteiger partial charge in [0.25, 0.3) is 0 Å². The predicted octanol–water partition coefficient (Wildman–Crippen LogP) is 2.97. The summed E-state index contributed by atoms with van der Waals surface area (Å²) < 4.78 is 3.07. The van der Waals surface area contributed by atoms with E-state index in [0.717, 1.165) is 42.5 Å². The van der Waals surface area contributed by atoms with Crippen molar-refractivity contribution in [3.05, 3.63) is 41.2 Å². The summed E-state index contributed by atoms with van der Waals surface area (Å²) in [5.74, 6) is 1.30. The average Bonchev–Trinajstić information content (AvgIpc) is 2.61. The summed E-state index contributed by atoms with van der Waals surface area (Å²) in [6, 6.07) is 8.04. The number of aromatic nitrogens is 2. The summed E-state index contributed by atoms with van der Waals surface area (Å²) in [5.41, 5.74) is 14.0. The highest BCUT2D eigenvalue weighted by Gasteiger charge is 2.36. The number of nitrogens with two attached hydrogens (primary N) is 2. The van der Waals surface area contributed by atoms with Gasteiger partial charge in [0, 0.05) is 30.1 Å². The van der Waals surface area contributed by atoms with Crippen LogP contribution in [0.2, 0.25) is 5.02 Å². The van der Waals surface area contributed by atoms with Gasteiger partial charge in [0.15, 0.2) is 11.6 Å². The standard InChI is InChI=1S/C16H20ClIN6/c17-12-3-1-2-11(8-12)16(9-19)4-6-24(7-5-16)15-13(23-18)14(20)21-10-22-15/h1-3,8,10,23H,4-7,9,19H2,(H2,20,21,22). The second-order valence-electron chi connectivity index (χ2n) is 6.03. The number of nitrogen functional groups attached to an aromatic ring is 1. The summed E-state index contributed by atoms with van der Waals surface area (Å²) in [5, 5.41) is 0.753. The lowest BCUT2D eigenvalue weighted by Crippen LogP contribution is -2.47. The third-order valence-corrected chi connectivity index (χ3v) is 5.57. The molecule has 1 fully saturated rings. The highest BCUT2D eigenvalue weighted by atomic mass is 127. The van der Waals surface area contributed by atoms with Gasteiger partial charge < -0.3 is 19.9 Å². The minimum atomic E-state index is -0.0438. The summed E-state index contributed by atoms with van der Waals surface area (Å²) in [7, 11) is 0. The second kappa shape index (κ2) is 7.28. The molecule has 6 nitrogen and oxygen atoms in total. The van der Waals surface area contributed by atoms with Crippen molar-refractivity contribution in [3.63, 3.8) is 0 Å². The second-order valence-corrected chi connectivity index (χ2v) is 7.01. The van der Waals surface area contributed by atoms with E-state index in [0.29, 0.717) is 12.4 Å². The molecule has 0 aliphatic carbocycles. The molecule has 1 aliphatic heterocycles. The van der Waals surface area contributed by atoms with Gasteiger partial charge in [-0.15, -0.1) is 0 Å². The first-order valence-electron chi connectivity index (χ1n) is 7.78. The molecule has 1 saturated heterocycles. The molecule has 1 aromatic carbocycles. The number of rotatable bonds is 4. The smallest absolute Gasteiger partial charge is 0.158 e. The number of anilines is 3. The van der Waals surface area contributed by atoms with Crippen LogP contribution in [0.3, 0.4) is 0 Å². The fourth-order valence-electron chi connectivity index (χ4n) is 3.30. The molecule has 0 amide bonds. The van der Waals surface area contributed by atoms with Crippen LogP contribution in [-0.4, -0.2) is 29.6 Å². The van der Waals surface area contributed by atoms with Crippen LogP contribution in [0, 0.1) is 0 Å². The van der Waals surface area contributed by atoms with Crippen LogP contribution in [0.1, 0.15) is 18.4 Å². The van der Waals surface area contributed by atoms with Crippen LogP contribution in [0.15, 0.2) is 30.6 Å². The van der Waals surface area contributed by atoms with E-state index in [1.807, 2.05) is 18.2 Å². The zero-order valence-electron chi connectivity index (χ0n) is 13.2. The third kappa shape index (κ3) is 3.25. The Morgan fingerprint density at radius 1 is 1.29 bits per heavy atom. The zero-order valence-corrected chi connectivity index (χ0v) is 16.1. The maximum Gasteiger partial charge on any atom is 0.158 e.